The Morgan fingerprint density at radius 2 is 2.09 bits per heavy atom. The molecular formula is C17H11BrClNO3. The number of cyclic esters (lactones) is 1. The molecule has 116 valence electrons. The number of aliphatic imine (C=N–C) groups is 1. The molecule has 2 aromatic carbocycles. The summed E-state index contributed by atoms with van der Waals surface area (Å²) in [5, 5.41) is 0.548. The number of carbonyl (C=O) groups excluding carboxylic acids is 1. The lowest BCUT2D eigenvalue weighted by Gasteiger charge is -2.04. The van der Waals surface area contributed by atoms with E-state index in [1.54, 1.807) is 43.5 Å². The topological polar surface area (TPSA) is 47.9 Å². The summed E-state index contributed by atoms with van der Waals surface area (Å²) in [4.78, 5) is 16.3. The van der Waals surface area contributed by atoms with Gasteiger partial charge in [0.05, 0.1) is 7.11 Å². The van der Waals surface area contributed by atoms with Crippen molar-refractivity contribution >= 4 is 45.5 Å². The third-order valence-electron chi connectivity index (χ3n) is 3.18. The lowest BCUT2D eigenvalue weighted by Crippen LogP contribution is -2.05. The van der Waals surface area contributed by atoms with E-state index in [0.29, 0.717) is 16.3 Å². The van der Waals surface area contributed by atoms with Crippen LogP contribution in [-0.4, -0.2) is 19.0 Å². The molecule has 4 nitrogen and oxygen atoms in total. The predicted molar refractivity (Wildman–Crippen MR) is 92.8 cm³/mol. The van der Waals surface area contributed by atoms with Crippen LogP contribution < -0.4 is 4.74 Å². The standard InChI is InChI=1S/C17H11BrClNO3/c1-22-15-6-5-12(18)7-11(15)9-14-17(21)23-16(20-14)10-3-2-4-13(19)8-10/h2-9H,1H3/b14-9+. The van der Waals surface area contributed by atoms with Gasteiger partial charge in [0, 0.05) is 20.6 Å². The zero-order chi connectivity index (χ0) is 16.4. The Morgan fingerprint density at radius 1 is 1.26 bits per heavy atom. The molecule has 0 amide bonds. The van der Waals surface area contributed by atoms with Gasteiger partial charge in [0.2, 0.25) is 5.90 Å². The summed E-state index contributed by atoms with van der Waals surface area (Å²) in [5.41, 5.74) is 1.58. The van der Waals surface area contributed by atoms with Gasteiger partial charge in [-0.2, -0.15) is 0 Å². The van der Waals surface area contributed by atoms with Crippen molar-refractivity contribution in [1.82, 2.24) is 0 Å². The van der Waals surface area contributed by atoms with Crippen molar-refractivity contribution in [3.8, 4) is 5.75 Å². The Hall–Kier alpha value is -2.11. The van der Waals surface area contributed by atoms with Crippen molar-refractivity contribution in [3.05, 3.63) is 68.8 Å². The van der Waals surface area contributed by atoms with Gasteiger partial charge in [-0.05, 0) is 42.5 Å². The van der Waals surface area contributed by atoms with E-state index in [2.05, 4.69) is 20.9 Å². The Bertz CT molecular complexity index is 845. The van der Waals surface area contributed by atoms with Crippen LogP contribution >= 0.6 is 27.5 Å². The van der Waals surface area contributed by atoms with Crippen molar-refractivity contribution in [1.29, 1.82) is 0 Å². The van der Waals surface area contributed by atoms with Crippen LogP contribution in [0, 0.1) is 0 Å². The van der Waals surface area contributed by atoms with Crippen LogP contribution in [-0.2, 0) is 9.53 Å². The van der Waals surface area contributed by atoms with E-state index in [-0.39, 0.29) is 11.6 Å². The van der Waals surface area contributed by atoms with Gasteiger partial charge in [-0.3, -0.25) is 0 Å². The molecule has 1 aliphatic heterocycles. The number of halogens is 2. The second-order valence-corrected chi connectivity index (χ2v) is 6.08. The van der Waals surface area contributed by atoms with Gasteiger partial charge in [-0.25, -0.2) is 9.79 Å². The van der Waals surface area contributed by atoms with Crippen molar-refractivity contribution in [2.45, 2.75) is 0 Å². The fourth-order valence-corrected chi connectivity index (χ4v) is 2.69. The van der Waals surface area contributed by atoms with Crippen LogP contribution in [0.4, 0.5) is 0 Å². The van der Waals surface area contributed by atoms with Crippen molar-refractivity contribution in [2.24, 2.45) is 4.99 Å². The number of ether oxygens (including phenoxy) is 2. The SMILES string of the molecule is COc1ccc(Br)cc1/C=C1/N=C(c2cccc(Cl)c2)OC1=O. The molecule has 6 heteroatoms. The first-order valence-corrected chi connectivity index (χ1v) is 7.86. The molecule has 0 spiro atoms. The highest BCUT2D eigenvalue weighted by molar-refractivity contribution is 9.10. The predicted octanol–water partition coefficient (Wildman–Crippen LogP) is 4.46. The summed E-state index contributed by atoms with van der Waals surface area (Å²) in [7, 11) is 1.57. The van der Waals surface area contributed by atoms with Crippen molar-refractivity contribution in [2.75, 3.05) is 7.11 Å². The largest absolute Gasteiger partial charge is 0.496 e. The lowest BCUT2D eigenvalue weighted by atomic mass is 10.1. The molecule has 23 heavy (non-hydrogen) atoms. The number of carbonyl (C=O) groups is 1. The summed E-state index contributed by atoms with van der Waals surface area (Å²) >= 11 is 9.35. The minimum atomic E-state index is -0.512. The van der Waals surface area contributed by atoms with E-state index >= 15 is 0 Å². The molecule has 0 bridgehead atoms. The van der Waals surface area contributed by atoms with Crippen LogP contribution in [0.15, 0.2) is 57.6 Å². The van der Waals surface area contributed by atoms with E-state index in [1.165, 1.54) is 0 Å². The molecule has 0 unspecified atom stereocenters. The van der Waals surface area contributed by atoms with Gasteiger partial charge in [0.25, 0.3) is 0 Å². The zero-order valence-corrected chi connectivity index (χ0v) is 14.4. The van der Waals surface area contributed by atoms with Crippen LogP contribution in [0.2, 0.25) is 5.02 Å². The molecule has 0 aliphatic carbocycles. The molecule has 1 aliphatic rings. The van der Waals surface area contributed by atoms with E-state index in [1.807, 2.05) is 12.1 Å². The normalized spacial score (nSPS) is 15.5. The smallest absolute Gasteiger partial charge is 0.363 e. The molecule has 0 radical (unpaired) electrons. The molecule has 0 saturated carbocycles. The summed E-state index contributed by atoms with van der Waals surface area (Å²) in [6.45, 7) is 0. The van der Waals surface area contributed by atoms with Crippen molar-refractivity contribution in [3.63, 3.8) is 0 Å². The van der Waals surface area contributed by atoms with Gasteiger partial charge in [0.15, 0.2) is 5.70 Å². The fourth-order valence-electron chi connectivity index (χ4n) is 2.12. The first-order valence-electron chi connectivity index (χ1n) is 6.69. The number of methoxy groups -OCH3 is 1. The summed E-state index contributed by atoms with van der Waals surface area (Å²) in [5.74, 6) is 0.361. The lowest BCUT2D eigenvalue weighted by molar-refractivity contribution is -0.129. The number of benzene rings is 2. The zero-order valence-electron chi connectivity index (χ0n) is 12.0. The van der Waals surface area contributed by atoms with Gasteiger partial charge in [0.1, 0.15) is 5.75 Å². The number of rotatable bonds is 3. The second kappa shape index (κ2) is 6.56. The summed E-state index contributed by atoms with van der Waals surface area (Å²) in [6, 6.07) is 12.5. The summed E-state index contributed by atoms with van der Waals surface area (Å²) in [6.07, 6.45) is 1.63. The van der Waals surface area contributed by atoms with E-state index in [4.69, 9.17) is 21.1 Å². The quantitative estimate of drug-likeness (QED) is 0.572. The van der Waals surface area contributed by atoms with Crippen LogP contribution in [0.3, 0.4) is 0 Å². The molecule has 3 rings (SSSR count). The first kappa shape index (κ1) is 15.8. The number of hydrogen-bond acceptors (Lipinski definition) is 4. The third kappa shape index (κ3) is 3.46. The number of hydrogen-bond donors (Lipinski definition) is 0. The minimum absolute atomic E-state index is 0.205. The minimum Gasteiger partial charge on any atom is -0.496 e. The molecule has 0 saturated heterocycles. The van der Waals surface area contributed by atoms with E-state index < -0.39 is 5.97 Å². The summed E-state index contributed by atoms with van der Waals surface area (Å²) < 4.78 is 11.4. The Kier molecular flexibility index (Phi) is 4.50. The molecular weight excluding hydrogens is 382 g/mol. The van der Waals surface area contributed by atoms with Gasteiger partial charge in [-0.1, -0.05) is 33.6 Å². The van der Waals surface area contributed by atoms with Crippen LogP contribution in [0.25, 0.3) is 6.08 Å². The van der Waals surface area contributed by atoms with E-state index in [9.17, 15) is 4.79 Å². The Morgan fingerprint density at radius 3 is 2.83 bits per heavy atom. The number of nitrogens with zero attached hydrogens (tertiary/aromatic N) is 1. The highest BCUT2D eigenvalue weighted by atomic mass is 79.9. The second-order valence-electron chi connectivity index (χ2n) is 4.73. The Balaban J connectivity index is 2.00. The maximum Gasteiger partial charge on any atom is 0.363 e. The Labute approximate surface area is 146 Å². The van der Waals surface area contributed by atoms with Crippen LogP contribution in [0.5, 0.6) is 5.75 Å². The van der Waals surface area contributed by atoms with Gasteiger partial charge in [-0.15, -0.1) is 0 Å². The van der Waals surface area contributed by atoms with Crippen LogP contribution in [0.1, 0.15) is 11.1 Å². The molecule has 0 atom stereocenters. The fraction of sp³-hybridized carbons (Fsp3) is 0.0588. The maximum atomic E-state index is 12.0. The molecule has 0 N–H and O–H groups in total. The molecule has 2 aromatic rings. The van der Waals surface area contributed by atoms with Gasteiger partial charge < -0.3 is 9.47 Å². The van der Waals surface area contributed by atoms with Crippen molar-refractivity contribution < 1.29 is 14.3 Å². The third-order valence-corrected chi connectivity index (χ3v) is 3.90. The molecule has 0 fully saturated rings. The average Bonchev–Trinajstić information content (AvgIpc) is 2.89. The highest BCUT2D eigenvalue weighted by Crippen LogP contribution is 2.27. The number of esters is 1. The molecule has 1 heterocycles. The molecule has 0 aromatic heterocycles. The van der Waals surface area contributed by atoms with E-state index in [0.717, 1.165) is 10.0 Å². The maximum absolute atomic E-state index is 12.0. The average molecular weight is 393 g/mol. The van der Waals surface area contributed by atoms with Gasteiger partial charge >= 0.3 is 5.97 Å². The monoisotopic (exact) mass is 391 g/mol. The highest BCUT2D eigenvalue weighted by Gasteiger charge is 2.24. The first-order chi connectivity index (χ1) is 11.1.